The molecule has 6 heteroatoms. The zero-order valence-corrected chi connectivity index (χ0v) is 13.0. The molecule has 1 aromatic carbocycles. The number of aryl methyl sites for hydroxylation is 1. The van der Waals surface area contributed by atoms with Crippen LogP contribution in [0.5, 0.6) is 0 Å². The number of hydrogen-bond acceptors (Lipinski definition) is 3. The van der Waals surface area contributed by atoms with Crippen LogP contribution in [-0.4, -0.2) is 47.9 Å². The van der Waals surface area contributed by atoms with Crippen molar-refractivity contribution in [2.24, 2.45) is 0 Å². The number of nitrogens with one attached hydrogen (secondary N) is 1. The first-order chi connectivity index (χ1) is 10.5. The Morgan fingerprint density at radius 2 is 2.36 bits per heavy atom. The van der Waals surface area contributed by atoms with Gasteiger partial charge in [-0.2, -0.15) is 0 Å². The number of amides is 2. The van der Waals surface area contributed by atoms with Crippen molar-refractivity contribution in [3.8, 4) is 0 Å². The van der Waals surface area contributed by atoms with E-state index in [0.29, 0.717) is 43.9 Å². The Kier molecular flexibility index (Phi) is 5.74. The molecule has 1 aliphatic heterocycles. The van der Waals surface area contributed by atoms with Gasteiger partial charge in [0.2, 0.25) is 0 Å². The monoisotopic (exact) mass is 310 g/mol. The Morgan fingerprint density at radius 3 is 3.00 bits per heavy atom. The summed E-state index contributed by atoms with van der Waals surface area (Å²) in [4.78, 5) is 14.0. The summed E-state index contributed by atoms with van der Waals surface area (Å²) in [6, 6.07) is 4.24. The van der Waals surface area contributed by atoms with Crippen LogP contribution in [-0.2, 0) is 11.2 Å². The Hall–Kier alpha value is -1.66. The van der Waals surface area contributed by atoms with Crippen LogP contribution >= 0.6 is 0 Å². The summed E-state index contributed by atoms with van der Waals surface area (Å²) < 4.78 is 19.1. The number of morpholine rings is 1. The predicted octanol–water partition coefficient (Wildman–Crippen LogP) is 2.39. The van der Waals surface area contributed by atoms with E-state index < -0.39 is 6.10 Å². The third kappa shape index (κ3) is 4.18. The van der Waals surface area contributed by atoms with E-state index >= 15 is 0 Å². The molecule has 2 amide bonds. The Balaban J connectivity index is 2.04. The van der Waals surface area contributed by atoms with E-state index in [1.807, 2.05) is 6.92 Å². The van der Waals surface area contributed by atoms with E-state index in [0.717, 1.165) is 0 Å². The van der Waals surface area contributed by atoms with E-state index in [4.69, 9.17) is 4.74 Å². The maximum Gasteiger partial charge on any atom is 0.322 e. The molecule has 2 rings (SSSR count). The van der Waals surface area contributed by atoms with Gasteiger partial charge in [0.15, 0.2) is 0 Å². The van der Waals surface area contributed by atoms with Crippen LogP contribution in [0.2, 0.25) is 0 Å². The number of hydrogen-bond donors (Lipinski definition) is 2. The lowest BCUT2D eigenvalue weighted by Crippen LogP contribution is -2.51. The van der Waals surface area contributed by atoms with Crippen LogP contribution < -0.4 is 5.32 Å². The molecule has 1 heterocycles. The third-order valence-corrected chi connectivity index (χ3v) is 3.79. The zero-order chi connectivity index (χ0) is 16.1. The molecule has 1 aliphatic rings. The van der Waals surface area contributed by atoms with Gasteiger partial charge in [-0.05, 0) is 37.5 Å². The third-order valence-electron chi connectivity index (χ3n) is 3.79. The van der Waals surface area contributed by atoms with Gasteiger partial charge in [0.25, 0.3) is 0 Å². The molecule has 1 saturated heterocycles. The lowest BCUT2D eigenvalue weighted by Gasteiger charge is -2.36. The fourth-order valence-corrected chi connectivity index (χ4v) is 2.62. The molecular formula is C16H23FN2O3. The van der Waals surface area contributed by atoms with Gasteiger partial charge in [-0.15, -0.1) is 0 Å². The van der Waals surface area contributed by atoms with Crippen molar-refractivity contribution in [1.82, 2.24) is 4.90 Å². The average molecular weight is 310 g/mol. The highest BCUT2D eigenvalue weighted by Gasteiger charge is 2.28. The molecular weight excluding hydrogens is 287 g/mol. The molecule has 5 nitrogen and oxygen atoms in total. The highest BCUT2D eigenvalue weighted by molar-refractivity contribution is 5.89. The number of carbonyl (C=O) groups is 1. The topological polar surface area (TPSA) is 61.8 Å². The van der Waals surface area contributed by atoms with Gasteiger partial charge in [-0.25, -0.2) is 9.18 Å². The van der Waals surface area contributed by atoms with Gasteiger partial charge in [-0.1, -0.05) is 13.0 Å². The van der Waals surface area contributed by atoms with Gasteiger partial charge in [0, 0.05) is 12.2 Å². The second kappa shape index (κ2) is 7.56. The minimum absolute atomic E-state index is 0.173. The van der Waals surface area contributed by atoms with Crippen molar-refractivity contribution in [2.45, 2.75) is 38.8 Å². The quantitative estimate of drug-likeness (QED) is 0.897. The first-order valence-corrected chi connectivity index (χ1v) is 7.63. The highest BCUT2D eigenvalue weighted by atomic mass is 19.1. The molecule has 2 N–H and O–H groups in total. The molecule has 0 radical (unpaired) electrons. The fraction of sp³-hybridized carbons (Fsp3) is 0.562. The molecule has 0 spiro atoms. The Bertz CT molecular complexity index is 522. The van der Waals surface area contributed by atoms with Crippen molar-refractivity contribution < 1.29 is 19.0 Å². The number of halogens is 1. The smallest absolute Gasteiger partial charge is 0.322 e. The lowest BCUT2D eigenvalue weighted by atomic mass is 10.1. The summed E-state index contributed by atoms with van der Waals surface area (Å²) in [5.41, 5.74) is 1.05. The second-order valence-electron chi connectivity index (χ2n) is 5.60. The fourth-order valence-electron chi connectivity index (χ4n) is 2.62. The number of anilines is 1. The van der Waals surface area contributed by atoms with Crippen LogP contribution in [0.4, 0.5) is 14.9 Å². The van der Waals surface area contributed by atoms with Crippen LogP contribution in [0.15, 0.2) is 18.2 Å². The molecule has 1 fully saturated rings. The number of aliphatic hydroxyl groups excluding tert-OH is 1. The molecule has 1 aromatic rings. The molecule has 2 atom stereocenters. The number of benzene rings is 1. The molecule has 2 unspecified atom stereocenters. The average Bonchev–Trinajstić information content (AvgIpc) is 2.47. The van der Waals surface area contributed by atoms with E-state index in [2.05, 4.69) is 5.32 Å². The molecule has 0 aromatic heterocycles. The molecule has 0 bridgehead atoms. The predicted molar refractivity (Wildman–Crippen MR) is 82.4 cm³/mol. The molecule has 122 valence electrons. The number of ether oxygens (including phenoxy) is 1. The molecule has 0 aliphatic carbocycles. The summed E-state index contributed by atoms with van der Waals surface area (Å²) in [7, 11) is 0. The maximum absolute atomic E-state index is 13.8. The van der Waals surface area contributed by atoms with E-state index in [-0.39, 0.29) is 17.9 Å². The Morgan fingerprint density at radius 1 is 1.59 bits per heavy atom. The van der Waals surface area contributed by atoms with Crippen molar-refractivity contribution in [1.29, 1.82) is 0 Å². The normalized spacial score (nSPS) is 19.8. The number of urea groups is 1. The maximum atomic E-state index is 13.8. The first kappa shape index (κ1) is 16.7. The van der Waals surface area contributed by atoms with Crippen LogP contribution in [0.1, 0.15) is 25.8 Å². The number of aliphatic hydroxyl groups is 1. The second-order valence-corrected chi connectivity index (χ2v) is 5.60. The lowest BCUT2D eigenvalue weighted by molar-refractivity contribution is -0.00160. The highest BCUT2D eigenvalue weighted by Crippen LogP contribution is 2.18. The minimum atomic E-state index is -0.511. The largest absolute Gasteiger partial charge is 0.393 e. The van der Waals surface area contributed by atoms with E-state index in [1.54, 1.807) is 24.0 Å². The van der Waals surface area contributed by atoms with Gasteiger partial charge < -0.3 is 20.1 Å². The van der Waals surface area contributed by atoms with Crippen LogP contribution in [0.3, 0.4) is 0 Å². The summed E-state index contributed by atoms with van der Waals surface area (Å²) in [6.07, 6.45) is 0.555. The van der Waals surface area contributed by atoms with Crippen LogP contribution in [0, 0.1) is 5.82 Å². The van der Waals surface area contributed by atoms with Crippen molar-refractivity contribution >= 4 is 11.7 Å². The first-order valence-electron chi connectivity index (χ1n) is 7.63. The summed E-state index contributed by atoms with van der Waals surface area (Å²) in [6.45, 7) is 4.89. The number of rotatable bonds is 4. The van der Waals surface area contributed by atoms with Gasteiger partial charge in [0.1, 0.15) is 5.82 Å². The summed E-state index contributed by atoms with van der Waals surface area (Å²) in [5, 5.41) is 12.2. The van der Waals surface area contributed by atoms with E-state index in [1.165, 1.54) is 6.07 Å². The van der Waals surface area contributed by atoms with Gasteiger partial charge in [-0.3, -0.25) is 0 Å². The van der Waals surface area contributed by atoms with Crippen molar-refractivity contribution in [2.75, 3.05) is 25.1 Å². The molecule has 22 heavy (non-hydrogen) atoms. The van der Waals surface area contributed by atoms with Crippen LogP contribution in [0.25, 0.3) is 0 Å². The van der Waals surface area contributed by atoms with E-state index in [9.17, 15) is 14.3 Å². The van der Waals surface area contributed by atoms with Gasteiger partial charge in [0.05, 0.1) is 25.4 Å². The number of nitrogens with zero attached hydrogens (tertiary/aromatic N) is 1. The summed E-state index contributed by atoms with van der Waals surface area (Å²) in [5.74, 6) is -0.317. The number of carbonyl (C=O) groups excluding carboxylic acids is 1. The standard InChI is InChI=1S/C16H23FN2O3/c1-3-12-4-5-13(9-15(12)17)18-16(21)19-6-7-22-10-14(19)8-11(2)20/h4-5,9,11,14,20H,3,6-8,10H2,1-2H3,(H,18,21). The zero-order valence-electron chi connectivity index (χ0n) is 13.0. The molecule has 0 saturated carbocycles. The van der Waals surface area contributed by atoms with Crippen molar-refractivity contribution in [3.63, 3.8) is 0 Å². The minimum Gasteiger partial charge on any atom is -0.393 e. The summed E-state index contributed by atoms with van der Waals surface area (Å²) >= 11 is 0. The Labute approximate surface area is 130 Å². The van der Waals surface area contributed by atoms with Crippen molar-refractivity contribution in [3.05, 3.63) is 29.6 Å². The van der Waals surface area contributed by atoms with Gasteiger partial charge >= 0.3 is 6.03 Å². The SMILES string of the molecule is CCc1ccc(NC(=O)N2CCOCC2CC(C)O)cc1F.